The molecule has 0 heterocycles. The number of hydrogen-bond acceptors (Lipinski definition) is 4. The van der Waals surface area contributed by atoms with Crippen LogP contribution in [0.2, 0.25) is 0 Å². The first-order valence-corrected chi connectivity index (χ1v) is 13.2. The number of unbranched alkanes of at least 4 members (excludes halogenated alkanes) is 3. The second-order valence-electron chi connectivity index (χ2n) is 10.8. The minimum Gasteiger partial charge on any atom is -0.491 e. The molecule has 6 heteroatoms. The van der Waals surface area contributed by atoms with E-state index in [-0.39, 0.29) is 35.4 Å². The molecule has 1 aromatic carbocycles. The van der Waals surface area contributed by atoms with E-state index >= 15 is 0 Å². The maximum atomic E-state index is 13.1. The van der Waals surface area contributed by atoms with Crippen molar-refractivity contribution >= 4 is 24.2 Å². The number of nitrogens with zero attached hydrogens (tertiary/aromatic N) is 1. The number of halogens is 1. The summed E-state index contributed by atoms with van der Waals surface area (Å²) in [7, 11) is 0. The van der Waals surface area contributed by atoms with Crippen molar-refractivity contribution in [3.05, 3.63) is 24.3 Å². The van der Waals surface area contributed by atoms with Crippen molar-refractivity contribution in [2.24, 2.45) is 22.7 Å². The minimum atomic E-state index is -0.365. The van der Waals surface area contributed by atoms with Crippen LogP contribution in [0.4, 0.5) is 10.5 Å². The first-order valence-electron chi connectivity index (χ1n) is 13.2. The monoisotopic (exact) mass is 494 g/mol. The van der Waals surface area contributed by atoms with Crippen molar-refractivity contribution in [3.8, 4) is 5.75 Å². The highest BCUT2D eigenvalue weighted by Gasteiger charge is 2.67. The number of benzene rings is 1. The zero-order valence-corrected chi connectivity index (χ0v) is 23.0. The highest BCUT2D eigenvalue weighted by atomic mass is 35.5. The molecule has 0 radical (unpaired) electrons. The van der Waals surface area contributed by atoms with Gasteiger partial charge in [0.25, 0.3) is 0 Å². The fraction of sp³-hybridized carbons (Fsp3) is 0.750. The first-order chi connectivity index (χ1) is 15.8. The van der Waals surface area contributed by atoms with Gasteiger partial charge in [-0.05, 0) is 55.8 Å². The lowest BCUT2D eigenvalue weighted by Gasteiger charge is -2.40. The van der Waals surface area contributed by atoms with Gasteiger partial charge < -0.3 is 14.4 Å². The number of ether oxygens (including phenoxy) is 2. The number of amides is 1. The van der Waals surface area contributed by atoms with Crippen LogP contribution in [0.1, 0.15) is 80.1 Å². The molecule has 1 aromatic rings. The third-order valence-corrected chi connectivity index (χ3v) is 8.88. The van der Waals surface area contributed by atoms with Crippen LogP contribution in [0.25, 0.3) is 0 Å². The summed E-state index contributed by atoms with van der Waals surface area (Å²) in [6.07, 6.45) is 6.53. The Kier molecular flexibility index (Phi) is 10.6. The number of nitrogens with one attached hydrogen (secondary N) is 1. The van der Waals surface area contributed by atoms with Crippen molar-refractivity contribution in [1.82, 2.24) is 4.90 Å². The predicted molar refractivity (Wildman–Crippen MR) is 143 cm³/mol. The second kappa shape index (κ2) is 12.5. The van der Waals surface area contributed by atoms with Crippen molar-refractivity contribution in [1.29, 1.82) is 0 Å². The molecule has 0 aromatic heterocycles. The van der Waals surface area contributed by atoms with E-state index in [0.717, 1.165) is 32.5 Å². The van der Waals surface area contributed by atoms with Gasteiger partial charge in [0, 0.05) is 17.9 Å². The first kappa shape index (κ1) is 28.8. The number of carbonyl (C=O) groups is 1. The molecule has 2 aliphatic rings. The van der Waals surface area contributed by atoms with Crippen LogP contribution in [0, 0.1) is 22.7 Å². The highest BCUT2D eigenvalue weighted by molar-refractivity contribution is 5.87. The van der Waals surface area contributed by atoms with Crippen LogP contribution in [0.15, 0.2) is 24.3 Å². The molecule has 0 aliphatic heterocycles. The van der Waals surface area contributed by atoms with E-state index in [1.165, 1.54) is 25.7 Å². The second-order valence-corrected chi connectivity index (χ2v) is 10.8. The Bertz CT molecular complexity index is 783. The Morgan fingerprint density at radius 2 is 1.79 bits per heavy atom. The molecule has 34 heavy (non-hydrogen) atoms. The van der Waals surface area contributed by atoms with Crippen molar-refractivity contribution in [3.63, 3.8) is 0 Å². The smallest absolute Gasteiger partial charge is 0.412 e. The van der Waals surface area contributed by atoms with Gasteiger partial charge in [0.15, 0.2) is 0 Å². The number of anilines is 1. The molecule has 1 amide bonds. The molecule has 2 bridgehead atoms. The summed E-state index contributed by atoms with van der Waals surface area (Å²) in [6, 6.07) is 7.67. The van der Waals surface area contributed by atoms with E-state index in [2.05, 4.69) is 51.8 Å². The fourth-order valence-corrected chi connectivity index (χ4v) is 6.39. The molecule has 2 fully saturated rings. The maximum Gasteiger partial charge on any atom is 0.412 e. The van der Waals surface area contributed by atoms with Gasteiger partial charge in [0.2, 0.25) is 0 Å². The van der Waals surface area contributed by atoms with E-state index < -0.39 is 0 Å². The molecule has 2 saturated carbocycles. The number of hydrogen-bond donors (Lipinski definition) is 1. The summed E-state index contributed by atoms with van der Waals surface area (Å²) >= 11 is 0. The van der Waals surface area contributed by atoms with Gasteiger partial charge in [-0.1, -0.05) is 72.9 Å². The third kappa shape index (κ3) is 5.84. The Labute approximate surface area is 213 Å². The lowest BCUT2D eigenvalue weighted by atomic mass is 9.70. The Morgan fingerprint density at radius 3 is 2.47 bits per heavy atom. The highest BCUT2D eigenvalue weighted by Crippen LogP contribution is 2.68. The zero-order chi connectivity index (χ0) is 24.1. The summed E-state index contributed by atoms with van der Waals surface area (Å²) in [5.41, 5.74) is 0.850. The van der Waals surface area contributed by atoms with Gasteiger partial charge in [0.1, 0.15) is 11.9 Å². The van der Waals surface area contributed by atoms with Crippen molar-refractivity contribution < 1.29 is 14.3 Å². The van der Waals surface area contributed by atoms with Gasteiger partial charge in [-0.2, -0.15) is 0 Å². The van der Waals surface area contributed by atoms with Crippen LogP contribution in [-0.4, -0.2) is 43.3 Å². The van der Waals surface area contributed by atoms with Gasteiger partial charge in [-0.15, -0.1) is 12.4 Å². The molecule has 0 spiro atoms. The van der Waals surface area contributed by atoms with Gasteiger partial charge in [-0.25, -0.2) is 4.79 Å². The summed E-state index contributed by atoms with van der Waals surface area (Å²) in [4.78, 5) is 15.6. The molecule has 194 valence electrons. The Morgan fingerprint density at radius 1 is 1.09 bits per heavy atom. The summed E-state index contributed by atoms with van der Waals surface area (Å²) in [5.74, 6) is 1.67. The van der Waals surface area contributed by atoms with Crippen molar-refractivity contribution in [2.75, 3.05) is 31.6 Å². The number of fused-ring (bicyclic) bond motifs is 2. The Balaban J connectivity index is 0.00000408. The summed E-state index contributed by atoms with van der Waals surface area (Å²) in [5, 5.41) is 3.00. The number of carbonyl (C=O) groups excluding carboxylic acids is 1. The predicted octanol–water partition coefficient (Wildman–Crippen LogP) is 7.40. The lowest BCUT2D eigenvalue weighted by molar-refractivity contribution is -0.0258. The standard InChI is InChI=1S/C28H46N2O3.ClH/c1-7-10-11-14-19-32-24-16-13-12-15-23(24)29-26(31)33-25-21(20-30(8-2)9-3)22-17-18-28(25,6)27(22,4)5;/h12-13,15-16,21-22,25H,7-11,14,17-20H2,1-6H3,(H,29,31);1H/t21-,22+,25-,28-;/m0./s1. The number of para-hydroxylation sites is 2. The topological polar surface area (TPSA) is 50.8 Å². The van der Waals surface area contributed by atoms with Crippen molar-refractivity contribution in [2.45, 2.75) is 86.2 Å². The summed E-state index contributed by atoms with van der Waals surface area (Å²) in [6.45, 7) is 17.4. The average molecular weight is 495 g/mol. The van der Waals surface area contributed by atoms with Crippen LogP contribution >= 0.6 is 12.4 Å². The minimum absolute atomic E-state index is 0. The van der Waals surface area contributed by atoms with Gasteiger partial charge in [-0.3, -0.25) is 5.32 Å². The average Bonchev–Trinajstić information content (AvgIpc) is 3.11. The van der Waals surface area contributed by atoms with Crippen LogP contribution in [-0.2, 0) is 4.74 Å². The normalized spacial score (nSPS) is 26.9. The molecule has 1 N–H and O–H groups in total. The van der Waals surface area contributed by atoms with E-state index in [9.17, 15) is 4.79 Å². The molecular formula is C28H47ClN2O3. The van der Waals surface area contributed by atoms with E-state index in [4.69, 9.17) is 9.47 Å². The molecular weight excluding hydrogens is 448 g/mol. The number of rotatable bonds is 12. The van der Waals surface area contributed by atoms with Crippen LogP contribution in [0.5, 0.6) is 5.75 Å². The molecule has 2 aliphatic carbocycles. The van der Waals surface area contributed by atoms with Gasteiger partial charge in [0.05, 0.1) is 12.3 Å². The van der Waals surface area contributed by atoms with E-state index in [1.54, 1.807) is 0 Å². The van der Waals surface area contributed by atoms with E-state index in [1.807, 2.05) is 24.3 Å². The molecule has 0 saturated heterocycles. The molecule has 3 rings (SSSR count). The van der Waals surface area contributed by atoms with Crippen LogP contribution in [0.3, 0.4) is 0 Å². The largest absolute Gasteiger partial charge is 0.491 e. The SMILES string of the molecule is CCCCCCOc1ccccc1NC(=O)O[C@H]1[C@@H](CN(CC)CC)[C@H]2CC[C@]1(C)C2(C)C.Cl. The maximum absolute atomic E-state index is 13.1. The van der Waals surface area contributed by atoms with E-state index in [0.29, 0.717) is 29.9 Å². The summed E-state index contributed by atoms with van der Waals surface area (Å²) < 4.78 is 12.3. The van der Waals surface area contributed by atoms with Crippen LogP contribution < -0.4 is 10.1 Å². The third-order valence-electron chi connectivity index (χ3n) is 8.88. The molecule has 0 unspecified atom stereocenters. The molecule has 4 atom stereocenters. The van der Waals surface area contributed by atoms with Gasteiger partial charge >= 0.3 is 6.09 Å². The molecule has 5 nitrogen and oxygen atoms in total. The zero-order valence-electron chi connectivity index (χ0n) is 22.2. The lowest BCUT2D eigenvalue weighted by Crippen LogP contribution is -2.45. The fourth-order valence-electron chi connectivity index (χ4n) is 6.39. The Hall–Kier alpha value is -1.46. The quantitative estimate of drug-likeness (QED) is 0.307.